The molecule has 7 rings (SSSR count). The highest BCUT2D eigenvalue weighted by atomic mass is 16.3. The van der Waals surface area contributed by atoms with Crippen LogP contribution in [-0.4, -0.2) is 9.55 Å². The predicted molar refractivity (Wildman–Crippen MR) is 131 cm³/mol. The monoisotopic (exact) mass is 410 g/mol. The van der Waals surface area contributed by atoms with Crippen LogP contribution in [-0.2, 0) is 0 Å². The second kappa shape index (κ2) is 6.56. The molecule has 0 radical (unpaired) electrons. The van der Waals surface area contributed by atoms with Gasteiger partial charge in [0.05, 0.1) is 11.0 Å². The number of fused-ring (bicyclic) bond motifs is 5. The molecule has 7 aromatic rings. The summed E-state index contributed by atoms with van der Waals surface area (Å²) in [6, 6.07) is 38.1. The number of hydrogen-bond donors (Lipinski definition) is 0. The van der Waals surface area contributed by atoms with Crippen molar-refractivity contribution >= 4 is 43.7 Å². The Balaban J connectivity index is 1.40. The SMILES string of the molecule is c1ccc2oc(-c3ccc4cc(-n5c6ccccc6c6ccccc65)ccc4c3)nc2c1. The molecule has 3 nitrogen and oxygen atoms in total. The van der Waals surface area contributed by atoms with Crippen molar-refractivity contribution in [2.75, 3.05) is 0 Å². The van der Waals surface area contributed by atoms with E-state index in [2.05, 4.69) is 94.5 Å². The Hall–Kier alpha value is -4.37. The summed E-state index contributed by atoms with van der Waals surface area (Å²) in [5.74, 6) is 0.652. The van der Waals surface area contributed by atoms with Gasteiger partial charge in [-0.1, -0.05) is 60.7 Å². The summed E-state index contributed by atoms with van der Waals surface area (Å²) >= 11 is 0. The van der Waals surface area contributed by atoms with Crippen LogP contribution >= 0.6 is 0 Å². The Morgan fingerprint density at radius 1 is 0.594 bits per heavy atom. The third kappa shape index (κ3) is 2.51. The van der Waals surface area contributed by atoms with E-state index in [1.807, 2.05) is 24.3 Å². The van der Waals surface area contributed by atoms with Crippen LogP contribution in [0.15, 0.2) is 114 Å². The van der Waals surface area contributed by atoms with E-state index in [1.54, 1.807) is 0 Å². The summed E-state index contributed by atoms with van der Waals surface area (Å²) in [6.45, 7) is 0. The van der Waals surface area contributed by atoms with Gasteiger partial charge in [-0.3, -0.25) is 0 Å². The number of rotatable bonds is 2. The minimum atomic E-state index is 0.652. The summed E-state index contributed by atoms with van der Waals surface area (Å²) in [5.41, 5.74) is 6.27. The Kier molecular flexibility index (Phi) is 3.55. The largest absolute Gasteiger partial charge is 0.436 e. The zero-order valence-electron chi connectivity index (χ0n) is 17.2. The molecule has 0 amide bonds. The first-order valence-corrected chi connectivity index (χ1v) is 10.7. The summed E-state index contributed by atoms with van der Waals surface area (Å²) in [6.07, 6.45) is 0. The minimum absolute atomic E-state index is 0.652. The lowest BCUT2D eigenvalue weighted by atomic mass is 10.1. The van der Waals surface area contributed by atoms with Crippen molar-refractivity contribution in [1.82, 2.24) is 9.55 Å². The third-order valence-electron chi connectivity index (χ3n) is 6.20. The quantitative estimate of drug-likeness (QED) is 0.292. The van der Waals surface area contributed by atoms with Crippen molar-refractivity contribution in [3.8, 4) is 17.1 Å². The molecule has 0 saturated heterocycles. The lowest BCUT2D eigenvalue weighted by Gasteiger charge is -2.10. The van der Waals surface area contributed by atoms with Gasteiger partial charge in [-0.15, -0.1) is 0 Å². The first-order valence-electron chi connectivity index (χ1n) is 10.7. The van der Waals surface area contributed by atoms with Gasteiger partial charge < -0.3 is 8.98 Å². The Bertz CT molecular complexity index is 1700. The molecule has 0 unspecified atom stereocenters. The van der Waals surface area contributed by atoms with Crippen molar-refractivity contribution in [2.24, 2.45) is 0 Å². The number of benzene rings is 5. The topological polar surface area (TPSA) is 31.0 Å². The number of hydrogen-bond acceptors (Lipinski definition) is 2. The molecular weight excluding hydrogens is 392 g/mol. The highest BCUT2D eigenvalue weighted by Gasteiger charge is 2.13. The van der Waals surface area contributed by atoms with Crippen LogP contribution in [0, 0.1) is 0 Å². The molecular formula is C29H18N2O. The van der Waals surface area contributed by atoms with Crippen LogP contribution < -0.4 is 0 Å². The van der Waals surface area contributed by atoms with Crippen LogP contribution in [0.4, 0.5) is 0 Å². The van der Waals surface area contributed by atoms with E-state index >= 15 is 0 Å². The molecule has 0 aliphatic carbocycles. The van der Waals surface area contributed by atoms with Gasteiger partial charge in [-0.05, 0) is 59.3 Å². The highest BCUT2D eigenvalue weighted by Crippen LogP contribution is 2.33. The fourth-order valence-corrected chi connectivity index (χ4v) is 4.70. The first kappa shape index (κ1) is 17.3. The Morgan fingerprint density at radius 2 is 1.25 bits per heavy atom. The van der Waals surface area contributed by atoms with Gasteiger partial charge in [-0.2, -0.15) is 0 Å². The lowest BCUT2D eigenvalue weighted by molar-refractivity contribution is 0.620. The molecule has 0 atom stereocenters. The van der Waals surface area contributed by atoms with Crippen molar-refractivity contribution < 1.29 is 4.42 Å². The Labute approximate surface area is 184 Å². The first-order chi connectivity index (χ1) is 15.8. The molecule has 0 saturated carbocycles. The number of nitrogens with zero attached hydrogens (tertiary/aromatic N) is 2. The summed E-state index contributed by atoms with van der Waals surface area (Å²) < 4.78 is 8.31. The lowest BCUT2D eigenvalue weighted by Crippen LogP contribution is -1.93. The summed E-state index contributed by atoms with van der Waals surface area (Å²) in [5, 5.41) is 4.89. The van der Waals surface area contributed by atoms with E-state index in [4.69, 9.17) is 4.42 Å². The van der Waals surface area contributed by atoms with Crippen LogP contribution in [0.3, 0.4) is 0 Å². The number of para-hydroxylation sites is 4. The maximum absolute atomic E-state index is 5.97. The van der Waals surface area contributed by atoms with E-state index in [0.717, 1.165) is 27.7 Å². The smallest absolute Gasteiger partial charge is 0.227 e. The summed E-state index contributed by atoms with van der Waals surface area (Å²) in [7, 11) is 0. The molecule has 2 heterocycles. The molecule has 5 aromatic carbocycles. The van der Waals surface area contributed by atoms with Gasteiger partial charge in [-0.25, -0.2) is 4.98 Å². The summed E-state index contributed by atoms with van der Waals surface area (Å²) in [4.78, 5) is 4.65. The van der Waals surface area contributed by atoms with Gasteiger partial charge in [0.2, 0.25) is 5.89 Å². The molecule has 2 aromatic heterocycles. The van der Waals surface area contributed by atoms with Gasteiger partial charge in [0.15, 0.2) is 5.58 Å². The molecule has 0 N–H and O–H groups in total. The second-order valence-corrected chi connectivity index (χ2v) is 8.10. The second-order valence-electron chi connectivity index (χ2n) is 8.10. The Morgan fingerprint density at radius 3 is 2.03 bits per heavy atom. The van der Waals surface area contributed by atoms with Gasteiger partial charge in [0.1, 0.15) is 5.52 Å². The van der Waals surface area contributed by atoms with Crippen molar-refractivity contribution in [3.63, 3.8) is 0 Å². The average Bonchev–Trinajstić information content (AvgIpc) is 3.43. The zero-order valence-corrected chi connectivity index (χ0v) is 17.2. The highest BCUT2D eigenvalue weighted by molar-refractivity contribution is 6.09. The van der Waals surface area contributed by atoms with Crippen LogP contribution in [0.2, 0.25) is 0 Å². The molecule has 150 valence electrons. The molecule has 0 aliphatic heterocycles. The fourth-order valence-electron chi connectivity index (χ4n) is 4.70. The number of oxazole rings is 1. The molecule has 0 spiro atoms. The fraction of sp³-hybridized carbons (Fsp3) is 0. The normalized spacial score (nSPS) is 11.8. The number of aromatic nitrogens is 2. The molecule has 0 aliphatic rings. The molecule has 3 heteroatoms. The van der Waals surface area contributed by atoms with E-state index in [0.29, 0.717) is 5.89 Å². The van der Waals surface area contributed by atoms with E-state index < -0.39 is 0 Å². The predicted octanol–water partition coefficient (Wildman–Crippen LogP) is 7.75. The van der Waals surface area contributed by atoms with E-state index in [-0.39, 0.29) is 0 Å². The van der Waals surface area contributed by atoms with Crippen LogP contribution in [0.1, 0.15) is 0 Å². The molecule has 0 fully saturated rings. The van der Waals surface area contributed by atoms with Crippen LogP contribution in [0.25, 0.3) is 60.8 Å². The standard InChI is InChI=1S/C29H18N2O/c1-4-10-26-23(7-1)24-8-2-5-11-27(24)31(26)22-16-15-19-17-21(14-13-20(19)18-22)29-30-25-9-3-6-12-28(25)32-29/h1-18H. The average molecular weight is 410 g/mol. The minimum Gasteiger partial charge on any atom is -0.436 e. The van der Waals surface area contributed by atoms with Crippen LogP contribution in [0.5, 0.6) is 0 Å². The van der Waals surface area contributed by atoms with Crippen molar-refractivity contribution in [1.29, 1.82) is 0 Å². The zero-order chi connectivity index (χ0) is 21.1. The molecule has 0 bridgehead atoms. The van der Waals surface area contributed by atoms with Crippen molar-refractivity contribution in [3.05, 3.63) is 109 Å². The van der Waals surface area contributed by atoms with E-state index in [1.165, 1.54) is 27.2 Å². The maximum atomic E-state index is 5.97. The van der Waals surface area contributed by atoms with Gasteiger partial charge in [0, 0.05) is 22.0 Å². The van der Waals surface area contributed by atoms with Gasteiger partial charge in [0.25, 0.3) is 0 Å². The maximum Gasteiger partial charge on any atom is 0.227 e. The van der Waals surface area contributed by atoms with E-state index in [9.17, 15) is 0 Å². The third-order valence-corrected chi connectivity index (χ3v) is 6.20. The van der Waals surface area contributed by atoms with Gasteiger partial charge >= 0.3 is 0 Å². The van der Waals surface area contributed by atoms with Crippen molar-refractivity contribution in [2.45, 2.75) is 0 Å². The molecule has 32 heavy (non-hydrogen) atoms.